The van der Waals surface area contributed by atoms with Gasteiger partial charge in [-0.05, 0) is 24.1 Å². The highest BCUT2D eigenvalue weighted by atomic mass is 35.5. The number of hydrogen-bond donors (Lipinski definition) is 1. The molecule has 0 aliphatic carbocycles. The maximum Gasteiger partial charge on any atom is 0.231 e. The number of aliphatic hydroxyl groups excluding tert-OH is 1. The van der Waals surface area contributed by atoms with Crippen molar-refractivity contribution in [2.24, 2.45) is 0 Å². The second kappa shape index (κ2) is 4.07. The number of rotatable bonds is 3. The van der Waals surface area contributed by atoms with Crippen LogP contribution in [0.5, 0.6) is 11.5 Å². The van der Waals surface area contributed by atoms with Crippen molar-refractivity contribution in [2.45, 2.75) is 11.8 Å². The molecule has 0 amide bonds. The number of halogens is 1. The zero-order valence-corrected chi connectivity index (χ0v) is 8.33. The van der Waals surface area contributed by atoms with Crippen LogP contribution in [0.1, 0.15) is 5.56 Å². The summed E-state index contributed by atoms with van der Waals surface area (Å²) in [6, 6.07) is 5.69. The fourth-order valence-corrected chi connectivity index (χ4v) is 1.57. The van der Waals surface area contributed by atoms with E-state index >= 15 is 0 Å². The van der Waals surface area contributed by atoms with E-state index in [9.17, 15) is 0 Å². The minimum absolute atomic E-state index is 0.0179. The van der Waals surface area contributed by atoms with Crippen molar-refractivity contribution in [3.8, 4) is 11.5 Å². The maximum absolute atomic E-state index is 8.80. The van der Waals surface area contributed by atoms with Crippen LogP contribution in [0.3, 0.4) is 0 Å². The smallest absolute Gasteiger partial charge is 0.231 e. The zero-order chi connectivity index (χ0) is 9.97. The predicted molar refractivity (Wildman–Crippen MR) is 53.0 cm³/mol. The van der Waals surface area contributed by atoms with Crippen LogP contribution in [-0.2, 0) is 6.42 Å². The van der Waals surface area contributed by atoms with Crippen molar-refractivity contribution < 1.29 is 14.6 Å². The molecule has 0 radical (unpaired) electrons. The van der Waals surface area contributed by atoms with E-state index in [1.807, 2.05) is 18.2 Å². The Kier molecular flexibility index (Phi) is 2.79. The van der Waals surface area contributed by atoms with Gasteiger partial charge in [0.1, 0.15) is 0 Å². The third kappa shape index (κ3) is 1.94. The summed E-state index contributed by atoms with van der Waals surface area (Å²) in [5.41, 5.74) is 1.04. The Labute approximate surface area is 87.2 Å². The van der Waals surface area contributed by atoms with Gasteiger partial charge in [0.25, 0.3) is 0 Å². The summed E-state index contributed by atoms with van der Waals surface area (Å²) in [4.78, 5) is 0. The van der Waals surface area contributed by atoms with Crippen molar-refractivity contribution >= 4 is 11.6 Å². The Bertz CT molecular complexity index is 327. The predicted octanol–water partition coefficient (Wildman–Crippen LogP) is 1.56. The highest BCUT2D eigenvalue weighted by molar-refractivity contribution is 6.20. The molecule has 4 heteroatoms. The Hall–Kier alpha value is -0.930. The van der Waals surface area contributed by atoms with Crippen LogP contribution in [0.2, 0.25) is 0 Å². The molecule has 0 spiro atoms. The fraction of sp³-hybridized carbons (Fsp3) is 0.400. The summed E-state index contributed by atoms with van der Waals surface area (Å²) in [7, 11) is 0. The van der Waals surface area contributed by atoms with Gasteiger partial charge in [-0.1, -0.05) is 6.07 Å². The van der Waals surface area contributed by atoms with E-state index in [0.29, 0.717) is 6.42 Å². The van der Waals surface area contributed by atoms with Crippen LogP contribution < -0.4 is 9.47 Å². The maximum atomic E-state index is 8.80. The molecule has 0 saturated carbocycles. The van der Waals surface area contributed by atoms with Crippen molar-refractivity contribution in [3.63, 3.8) is 0 Å². The molecular formula is C10H11ClO3. The molecule has 1 aliphatic heterocycles. The number of ether oxygens (including phenoxy) is 2. The second-order valence-corrected chi connectivity index (χ2v) is 3.79. The van der Waals surface area contributed by atoms with E-state index in [1.165, 1.54) is 0 Å². The van der Waals surface area contributed by atoms with E-state index < -0.39 is 0 Å². The fourth-order valence-electron chi connectivity index (χ4n) is 1.39. The van der Waals surface area contributed by atoms with Crippen LogP contribution in [0.15, 0.2) is 18.2 Å². The molecule has 76 valence electrons. The normalized spacial score (nSPS) is 15.6. The molecule has 0 fully saturated rings. The first-order valence-corrected chi connectivity index (χ1v) is 4.86. The summed E-state index contributed by atoms with van der Waals surface area (Å²) < 4.78 is 10.4. The zero-order valence-electron chi connectivity index (χ0n) is 7.57. The lowest BCUT2D eigenvalue weighted by Crippen LogP contribution is -2.07. The summed E-state index contributed by atoms with van der Waals surface area (Å²) in [6.07, 6.45) is 0.634. The van der Waals surface area contributed by atoms with Gasteiger partial charge in [-0.2, -0.15) is 0 Å². The number of benzene rings is 1. The first-order chi connectivity index (χ1) is 6.79. The third-order valence-corrected chi connectivity index (χ3v) is 2.38. The van der Waals surface area contributed by atoms with E-state index in [4.69, 9.17) is 26.2 Å². The van der Waals surface area contributed by atoms with Gasteiger partial charge in [0.05, 0.1) is 12.0 Å². The molecule has 1 N–H and O–H groups in total. The molecule has 1 aliphatic rings. The molecule has 0 bridgehead atoms. The highest BCUT2D eigenvalue weighted by Gasteiger charge is 2.14. The molecular weight excluding hydrogens is 204 g/mol. The van der Waals surface area contributed by atoms with Crippen molar-refractivity contribution in [3.05, 3.63) is 23.8 Å². The first kappa shape index (κ1) is 9.62. The molecule has 1 atom stereocenters. The molecule has 14 heavy (non-hydrogen) atoms. The van der Waals surface area contributed by atoms with Gasteiger partial charge < -0.3 is 14.6 Å². The number of aliphatic hydroxyl groups is 1. The van der Waals surface area contributed by atoms with Crippen molar-refractivity contribution in [1.29, 1.82) is 0 Å². The Morgan fingerprint density at radius 1 is 1.36 bits per heavy atom. The lowest BCUT2D eigenvalue weighted by molar-refractivity contribution is 0.174. The van der Waals surface area contributed by atoms with Crippen LogP contribution in [0, 0.1) is 0 Å². The highest BCUT2D eigenvalue weighted by Crippen LogP contribution is 2.32. The van der Waals surface area contributed by atoms with E-state index in [2.05, 4.69) is 0 Å². The van der Waals surface area contributed by atoms with Gasteiger partial charge in [0, 0.05) is 0 Å². The van der Waals surface area contributed by atoms with E-state index in [0.717, 1.165) is 17.1 Å². The Balaban J connectivity index is 2.12. The largest absolute Gasteiger partial charge is 0.454 e. The Morgan fingerprint density at radius 3 is 2.93 bits per heavy atom. The van der Waals surface area contributed by atoms with Crippen LogP contribution in [0.25, 0.3) is 0 Å². The number of fused-ring (bicyclic) bond motifs is 1. The van der Waals surface area contributed by atoms with E-state index in [1.54, 1.807) is 0 Å². The molecule has 1 unspecified atom stereocenters. The molecule has 1 aromatic carbocycles. The standard InChI is InChI=1S/C10H11ClO3/c11-8(5-12)3-7-1-2-9-10(4-7)14-6-13-9/h1-2,4,8,12H,3,5-6H2. The summed E-state index contributed by atoms with van der Waals surface area (Å²) in [6.45, 7) is 0.263. The van der Waals surface area contributed by atoms with Gasteiger partial charge in [-0.15, -0.1) is 11.6 Å². The van der Waals surface area contributed by atoms with Crippen LogP contribution in [-0.4, -0.2) is 23.9 Å². The average molecular weight is 215 g/mol. The molecule has 3 nitrogen and oxygen atoms in total. The second-order valence-electron chi connectivity index (χ2n) is 3.17. The minimum Gasteiger partial charge on any atom is -0.454 e. The number of hydrogen-bond acceptors (Lipinski definition) is 3. The average Bonchev–Trinajstić information content (AvgIpc) is 2.64. The number of alkyl halides is 1. The van der Waals surface area contributed by atoms with E-state index in [-0.39, 0.29) is 18.8 Å². The molecule has 1 heterocycles. The summed E-state index contributed by atoms with van der Waals surface area (Å²) in [5.74, 6) is 1.52. The third-order valence-electron chi connectivity index (χ3n) is 2.09. The lowest BCUT2D eigenvalue weighted by Gasteiger charge is -2.06. The molecule has 2 rings (SSSR count). The van der Waals surface area contributed by atoms with Gasteiger partial charge in [0.2, 0.25) is 6.79 Å². The summed E-state index contributed by atoms with van der Waals surface area (Å²) >= 11 is 5.83. The van der Waals surface area contributed by atoms with Gasteiger partial charge in [-0.3, -0.25) is 0 Å². The van der Waals surface area contributed by atoms with Gasteiger partial charge >= 0.3 is 0 Å². The topological polar surface area (TPSA) is 38.7 Å². The molecule has 0 aromatic heterocycles. The van der Waals surface area contributed by atoms with Crippen LogP contribution >= 0.6 is 11.6 Å². The van der Waals surface area contributed by atoms with Crippen molar-refractivity contribution in [2.75, 3.05) is 13.4 Å². The quantitative estimate of drug-likeness (QED) is 0.777. The van der Waals surface area contributed by atoms with Gasteiger partial charge in [-0.25, -0.2) is 0 Å². The Morgan fingerprint density at radius 2 is 2.14 bits per heavy atom. The molecule has 1 aromatic rings. The SMILES string of the molecule is OCC(Cl)Cc1ccc2c(c1)OCO2. The first-order valence-electron chi connectivity index (χ1n) is 4.43. The lowest BCUT2D eigenvalue weighted by atomic mass is 10.1. The molecule has 0 saturated heterocycles. The van der Waals surface area contributed by atoms with Crippen LogP contribution in [0.4, 0.5) is 0 Å². The van der Waals surface area contributed by atoms with Gasteiger partial charge in [0.15, 0.2) is 11.5 Å². The summed E-state index contributed by atoms with van der Waals surface area (Å²) in [5, 5.41) is 8.56. The minimum atomic E-state index is -0.240. The van der Waals surface area contributed by atoms with Crippen molar-refractivity contribution in [1.82, 2.24) is 0 Å². The monoisotopic (exact) mass is 214 g/mol.